The van der Waals surface area contributed by atoms with Crippen LogP contribution in [0.15, 0.2) is 22.8 Å². The van der Waals surface area contributed by atoms with Crippen molar-refractivity contribution in [3.05, 3.63) is 39.1 Å². The van der Waals surface area contributed by atoms with Crippen LogP contribution in [0.25, 0.3) is 5.69 Å². The molecule has 0 saturated heterocycles. The smallest absolute Gasteiger partial charge is 0.358 e. The molecular weight excluding hydrogens is 309 g/mol. The first-order valence-corrected chi connectivity index (χ1v) is 5.78. The van der Waals surface area contributed by atoms with Crippen molar-refractivity contribution in [2.24, 2.45) is 0 Å². The van der Waals surface area contributed by atoms with Gasteiger partial charge in [-0.25, -0.2) is 9.48 Å². The Bertz CT molecular complexity index is 597. The van der Waals surface area contributed by atoms with Gasteiger partial charge in [0.2, 0.25) is 0 Å². The first-order valence-electron chi connectivity index (χ1n) is 4.60. The van der Waals surface area contributed by atoms with E-state index in [0.717, 1.165) is 10.0 Å². The van der Waals surface area contributed by atoms with Crippen LogP contribution in [0.4, 0.5) is 0 Å². The number of nitrogens with zero attached hydrogens (tertiary/aromatic N) is 3. The van der Waals surface area contributed by atoms with Crippen LogP contribution >= 0.6 is 27.5 Å². The number of carboxylic acids is 1. The maximum Gasteiger partial charge on any atom is 0.358 e. The molecule has 17 heavy (non-hydrogen) atoms. The minimum atomic E-state index is -1.12. The molecule has 2 rings (SSSR count). The Hall–Kier alpha value is -1.40. The number of hydrogen-bond acceptors (Lipinski definition) is 3. The zero-order valence-corrected chi connectivity index (χ0v) is 11.0. The Morgan fingerprint density at radius 2 is 2.24 bits per heavy atom. The van der Waals surface area contributed by atoms with Crippen molar-refractivity contribution in [2.45, 2.75) is 6.92 Å². The van der Waals surface area contributed by atoms with E-state index in [2.05, 4.69) is 26.2 Å². The van der Waals surface area contributed by atoms with Gasteiger partial charge in [-0.05, 0) is 40.5 Å². The SMILES string of the molecule is Cc1cc(Br)c(-n2cc(C(=O)O)nn2)cc1Cl. The second-order valence-corrected chi connectivity index (χ2v) is 4.67. The fraction of sp³-hybridized carbons (Fsp3) is 0.100. The molecule has 7 heteroatoms. The van der Waals surface area contributed by atoms with Crippen LogP contribution in [0.5, 0.6) is 0 Å². The van der Waals surface area contributed by atoms with Crippen molar-refractivity contribution >= 4 is 33.5 Å². The molecule has 1 aromatic carbocycles. The molecule has 0 spiro atoms. The van der Waals surface area contributed by atoms with Crippen LogP contribution < -0.4 is 0 Å². The predicted octanol–water partition coefficient (Wildman–Crippen LogP) is 2.69. The number of benzene rings is 1. The largest absolute Gasteiger partial charge is 0.476 e. The number of aromatic carboxylic acids is 1. The lowest BCUT2D eigenvalue weighted by Gasteiger charge is -2.06. The molecule has 0 aliphatic heterocycles. The summed E-state index contributed by atoms with van der Waals surface area (Å²) in [4.78, 5) is 10.7. The van der Waals surface area contributed by atoms with Crippen LogP contribution in [-0.2, 0) is 0 Å². The highest BCUT2D eigenvalue weighted by molar-refractivity contribution is 9.10. The van der Waals surface area contributed by atoms with Crippen molar-refractivity contribution in [1.29, 1.82) is 0 Å². The van der Waals surface area contributed by atoms with Crippen molar-refractivity contribution < 1.29 is 9.90 Å². The second kappa shape index (κ2) is 4.46. The Kier molecular flexibility index (Phi) is 3.17. The molecule has 0 fully saturated rings. The van der Waals surface area contributed by atoms with E-state index >= 15 is 0 Å². The van der Waals surface area contributed by atoms with Gasteiger partial charge in [0, 0.05) is 9.50 Å². The predicted molar refractivity (Wildman–Crippen MR) is 65.8 cm³/mol. The average Bonchev–Trinajstić information content (AvgIpc) is 2.72. The third kappa shape index (κ3) is 2.32. The molecule has 0 unspecified atom stereocenters. The fourth-order valence-electron chi connectivity index (χ4n) is 1.29. The van der Waals surface area contributed by atoms with Crippen LogP contribution in [0, 0.1) is 6.92 Å². The van der Waals surface area contributed by atoms with Gasteiger partial charge < -0.3 is 5.11 Å². The quantitative estimate of drug-likeness (QED) is 0.925. The highest BCUT2D eigenvalue weighted by Gasteiger charge is 2.12. The maximum atomic E-state index is 10.7. The van der Waals surface area contributed by atoms with E-state index < -0.39 is 5.97 Å². The molecule has 1 N–H and O–H groups in total. The molecule has 5 nitrogen and oxygen atoms in total. The maximum absolute atomic E-state index is 10.7. The molecule has 0 atom stereocenters. The van der Waals surface area contributed by atoms with Gasteiger partial charge in [0.25, 0.3) is 0 Å². The molecule has 0 bridgehead atoms. The summed E-state index contributed by atoms with van der Waals surface area (Å²) in [5.41, 5.74) is 1.44. The Balaban J connectivity index is 2.52. The van der Waals surface area contributed by atoms with Crippen LogP contribution in [-0.4, -0.2) is 26.1 Å². The number of aryl methyl sites for hydroxylation is 1. The van der Waals surface area contributed by atoms with Crippen LogP contribution in [0.1, 0.15) is 16.1 Å². The lowest BCUT2D eigenvalue weighted by atomic mass is 10.2. The summed E-state index contributed by atoms with van der Waals surface area (Å²) in [6.07, 6.45) is 1.33. The summed E-state index contributed by atoms with van der Waals surface area (Å²) in [5, 5.41) is 16.6. The van der Waals surface area contributed by atoms with Crippen molar-refractivity contribution in [3.8, 4) is 5.69 Å². The van der Waals surface area contributed by atoms with Gasteiger partial charge in [-0.2, -0.15) is 0 Å². The number of halogens is 2. The van der Waals surface area contributed by atoms with Crippen molar-refractivity contribution in [2.75, 3.05) is 0 Å². The van der Waals surface area contributed by atoms with Gasteiger partial charge in [-0.1, -0.05) is 16.8 Å². The zero-order chi connectivity index (χ0) is 12.6. The first-order chi connectivity index (χ1) is 7.99. The third-order valence-corrected chi connectivity index (χ3v) is 3.23. The first kappa shape index (κ1) is 12.1. The molecule has 88 valence electrons. The summed E-state index contributed by atoms with van der Waals surface area (Å²) in [6, 6.07) is 3.53. The zero-order valence-electron chi connectivity index (χ0n) is 8.69. The van der Waals surface area contributed by atoms with E-state index in [1.54, 1.807) is 6.07 Å². The molecule has 0 amide bonds. The topological polar surface area (TPSA) is 68.0 Å². The van der Waals surface area contributed by atoms with Gasteiger partial charge in [-0.15, -0.1) is 5.10 Å². The number of rotatable bonds is 2. The molecule has 1 heterocycles. The van der Waals surface area contributed by atoms with Crippen molar-refractivity contribution in [1.82, 2.24) is 15.0 Å². The third-order valence-electron chi connectivity index (χ3n) is 2.19. The van der Waals surface area contributed by atoms with Gasteiger partial charge >= 0.3 is 5.97 Å². The minimum absolute atomic E-state index is 0.117. The molecule has 0 saturated carbocycles. The fourth-order valence-corrected chi connectivity index (χ4v) is 2.09. The van der Waals surface area contributed by atoms with Crippen LogP contribution in [0.3, 0.4) is 0 Å². The van der Waals surface area contributed by atoms with E-state index in [9.17, 15) is 4.79 Å². The van der Waals surface area contributed by atoms with Crippen LogP contribution in [0.2, 0.25) is 5.02 Å². The molecule has 0 aliphatic rings. The number of carboxylic acid groups (broad SMARTS) is 1. The van der Waals surface area contributed by atoms with Gasteiger partial charge in [-0.3, -0.25) is 0 Å². The summed E-state index contributed by atoms with van der Waals surface area (Å²) in [6.45, 7) is 1.88. The Labute approximate surface area is 110 Å². The highest BCUT2D eigenvalue weighted by atomic mass is 79.9. The van der Waals surface area contributed by atoms with Gasteiger partial charge in [0.05, 0.1) is 11.9 Å². The highest BCUT2D eigenvalue weighted by Crippen LogP contribution is 2.27. The number of aromatic nitrogens is 3. The van der Waals surface area contributed by atoms with E-state index in [-0.39, 0.29) is 5.69 Å². The monoisotopic (exact) mass is 315 g/mol. The standard InChI is InChI=1S/C10H7BrClN3O2/c1-5-2-6(11)9(3-7(5)12)15-4-8(10(16)17)13-14-15/h2-4H,1H3,(H,16,17). The summed E-state index contributed by atoms with van der Waals surface area (Å²) in [5.74, 6) is -1.12. The van der Waals surface area contributed by atoms with Crippen molar-refractivity contribution in [3.63, 3.8) is 0 Å². The van der Waals surface area contributed by atoms with E-state index in [0.29, 0.717) is 10.7 Å². The Morgan fingerprint density at radius 1 is 1.53 bits per heavy atom. The number of hydrogen-bond donors (Lipinski definition) is 1. The van der Waals surface area contributed by atoms with Gasteiger partial charge in [0.1, 0.15) is 0 Å². The molecule has 0 radical (unpaired) electrons. The Morgan fingerprint density at radius 3 is 2.82 bits per heavy atom. The minimum Gasteiger partial charge on any atom is -0.476 e. The number of carbonyl (C=O) groups is 1. The van der Waals surface area contributed by atoms with E-state index in [1.807, 2.05) is 13.0 Å². The summed E-state index contributed by atoms with van der Waals surface area (Å²) >= 11 is 9.38. The van der Waals surface area contributed by atoms with E-state index in [4.69, 9.17) is 16.7 Å². The van der Waals surface area contributed by atoms with E-state index in [1.165, 1.54) is 10.9 Å². The molecule has 1 aromatic heterocycles. The lowest BCUT2D eigenvalue weighted by molar-refractivity contribution is 0.0690. The molecule has 2 aromatic rings. The normalized spacial score (nSPS) is 10.5. The second-order valence-electron chi connectivity index (χ2n) is 3.41. The lowest BCUT2D eigenvalue weighted by Crippen LogP contribution is -1.97. The molecular formula is C10H7BrClN3O2. The summed E-state index contributed by atoms with van der Waals surface area (Å²) in [7, 11) is 0. The molecule has 0 aliphatic carbocycles. The van der Waals surface area contributed by atoms with Gasteiger partial charge in [0.15, 0.2) is 5.69 Å². The summed E-state index contributed by atoms with van der Waals surface area (Å²) < 4.78 is 2.13. The average molecular weight is 317 g/mol.